The molecular formula is C17H32N4O6. The first kappa shape index (κ1) is 24.8. The highest BCUT2D eigenvalue weighted by molar-refractivity contribution is 5.92. The van der Waals surface area contributed by atoms with Crippen molar-refractivity contribution in [2.24, 2.45) is 17.6 Å². The first-order chi connectivity index (χ1) is 12.5. The highest BCUT2D eigenvalue weighted by Crippen LogP contribution is 2.07. The normalized spacial score (nSPS) is 15.4. The van der Waals surface area contributed by atoms with E-state index in [0.717, 1.165) is 0 Å². The fourth-order valence-electron chi connectivity index (χ4n) is 2.29. The van der Waals surface area contributed by atoms with Crippen LogP contribution in [-0.2, 0) is 19.2 Å². The summed E-state index contributed by atoms with van der Waals surface area (Å²) in [5.41, 5.74) is 5.72. The average Bonchev–Trinajstić information content (AvgIpc) is 2.60. The molecule has 10 heteroatoms. The van der Waals surface area contributed by atoms with Crippen molar-refractivity contribution in [3.63, 3.8) is 0 Å². The van der Waals surface area contributed by atoms with Gasteiger partial charge >= 0.3 is 5.97 Å². The van der Waals surface area contributed by atoms with Crippen LogP contribution in [0, 0.1) is 11.8 Å². The minimum Gasteiger partial charge on any atom is -0.480 e. The quantitative estimate of drug-likeness (QED) is 0.238. The van der Waals surface area contributed by atoms with Crippen LogP contribution in [0.3, 0.4) is 0 Å². The van der Waals surface area contributed by atoms with Crippen molar-refractivity contribution in [1.29, 1.82) is 0 Å². The van der Waals surface area contributed by atoms with Crippen LogP contribution in [0.1, 0.15) is 40.5 Å². The van der Waals surface area contributed by atoms with E-state index in [1.165, 1.54) is 0 Å². The summed E-state index contributed by atoms with van der Waals surface area (Å²) in [4.78, 5) is 47.1. The van der Waals surface area contributed by atoms with Crippen LogP contribution in [0.5, 0.6) is 0 Å². The average molecular weight is 388 g/mol. The summed E-state index contributed by atoms with van der Waals surface area (Å²) in [7, 11) is 0. The Morgan fingerprint density at radius 1 is 1.04 bits per heavy atom. The molecule has 0 aromatic heterocycles. The molecule has 0 aliphatic carbocycles. The van der Waals surface area contributed by atoms with Gasteiger partial charge in [-0.3, -0.25) is 14.4 Å². The summed E-state index contributed by atoms with van der Waals surface area (Å²) in [6.45, 7) is 6.13. The topological polar surface area (TPSA) is 171 Å². The maximum Gasteiger partial charge on any atom is 0.326 e. The lowest BCUT2D eigenvalue weighted by Gasteiger charge is -2.21. The Kier molecular flexibility index (Phi) is 11.2. The number of hydrogen-bond donors (Lipinski definition) is 6. The van der Waals surface area contributed by atoms with Gasteiger partial charge in [-0.05, 0) is 18.3 Å². The van der Waals surface area contributed by atoms with Crippen LogP contribution in [0.25, 0.3) is 0 Å². The SMILES string of the molecule is CCC(C)C(NC(=O)CNC(=O)C(CO)NC(=O)C(N)CC(C)C)C(=O)O. The van der Waals surface area contributed by atoms with Crippen LogP contribution in [0.4, 0.5) is 0 Å². The van der Waals surface area contributed by atoms with Gasteiger partial charge in [0.2, 0.25) is 17.7 Å². The summed E-state index contributed by atoms with van der Waals surface area (Å²) >= 11 is 0. The Morgan fingerprint density at radius 3 is 2.07 bits per heavy atom. The van der Waals surface area contributed by atoms with Crippen molar-refractivity contribution >= 4 is 23.7 Å². The molecule has 0 aliphatic rings. The lowest BCUT2D eigenvalue weighted by molar-refractivity contribution is -0.143. The number of carbonyl (C=O) groups is 4. The van der Waals surface area contributed by atoms with Gasteiger partial charge in [0.15, 0.2) is 0 Å². The summed E-state index contributed by atoms with van der Waals surface area (Å²) in [6, 6.07) is -3.14. The standard InChI is InChI=1S/C17H32N4O6/c1-5-10(4)14(17(26)27)21-13(23)7-19-16(25)12(8-22)20-15(24)11(18)6-9(2)3/h9-12,14,22H,5-8,18H2,1-4H3,(H,19,25)(H,20,24)(H,21,23)(H,26,27). The second-order valence-corrected chi connectivity index (χ2v) is 6.97. The molecule has 0 aromatic rings. The Morgan fingerprint density at radius 2 is 1.63 bits per heavy atom. The summed E-state index contributed by atoms with van der Waals surface area (Å²) in [6.07, 6.45) is 0.971. The van der Waals surface area contributed by atoms with E-state index < -0.39 is 55.0 Å². The van der Waals surface area contributed by atoms with Crippen LogP contribution < -0.4 is 21.7 Å². The third-order valence-electron chi connectivity index (χ3n) is 4.10. The fourth-order valence-corrected chi connectivity index (χ4v) is 2.29. The van der Waals surface area contributed by atoms with Gasteiger partial charge in [0, 0.05) is 0 Å². The van der Waals surface area contributed by atoms with E-state index in [2.05, 4.69) is 16.0 Å². The minimum absolute atomic E-state index is 0.184. The zero-order valence-electron chi connectivity index (χ0n) is 16.3. The number of hydrogen-bond acceptors (Lipinski definition) is 6. The van der Waals surface area contributed by atoms with E-state index in [4.69, 9.17) is 10.8 Å². The molecule has 0 aromatic carbocycles. The number of nitrogens with two attached hydrogens (primary N) is 1. The monoisotopic (exact) mass is 388 g/mol. The smallest absolute Gasteiger partial charge is 0.326 e. The van der Waals surface area contributed by atoms with Gasteiger partial charge in [0.25, 0.3) is 0 Å². The van der Waals surface area contributed by atoms with Crippen molar-refractivity contribution in [3.05, 3.63) is 0 Å². The highest BCUT2D eigenvalue weighted by atomic mass is 16.4. The number of aliphatic hydroxyl groups is 1. The molecule has 7 N–H and O–H groups in total. The van der Waals surface area contributed by atoms with E-state index in [1.54, 1.807) is 13.8 Å². The van der Waals surface area contributed by atoms with Gasteiger partial charge in [0.05, 0.1) is 19.2 Å². The Hall–Kier alpha value is -2.20. The molecule has 0 bridgehead atoms. The lowest BCUT2D eigenvalue weighted by Crippen LogP contribution is -2.55. The first-order valence-corrected chi connectivity index (χ1v) is 9.00. The highest BCUT2D eigenvalue weighted by Gasteiger charge is 2.27. The van der Waals surface area contributed by atoms with E-state index >= 15 is 0 Å². The molecule has 0 spiro atoms. The zero-order valence-corrected chi connectivity index (χ0v) is 16.3. The number of carboxylic acids is 1. The molecule has 0 saturated carbocycles. The Labute approximate surface area is 159 Å². The number of carboxylic acid groups (broad SMARTS) is 1. The molecule has 0 radical (unpaired) electrons. The third-order valence-corrected chi connectivity index (χ3v) is 4.10. The van der Waals surface area contributed by atoms with Crippen LogP contribution in [0.2, 0.25) is 0 Å². The minimum atomic E-state index is -1.26. The molecule has 10 nitrogen and oxygen atoms in total. The Bertz CT molecular complexity index is 526. The second-order valence-electron chi connectivity index (χ2n) is 6.97. The van der Waals surface area contributed by atoms with Gasteiger partial charge in [-0.1, -0.05) is 34.1 Å². The molecule has 27 heavy (non-hydrogen) atoms. The molecule has 4 atom stereocenters. The van der Waals surface area contributed by atoms with Crippen LogP contribution >= 0.6 is 0 Å². The predicted octanol–water partition coefficient (Wildman–Crippen LogP) is -1.43. The molecule has 0 fully saturated rings. The number of aliphatic carboxylic acids is 1. The van der Waals surface area contributed by atoms with E-state index in [1.807, 2.05) is 13.8 Å². The third kappa shape index (κ3) is 9.34. The van der Waals surface area contributed by atoms with Crippen LogP contribution in [0.15, 0.2) is 0 Å². The maximum absolute atomic E-state index is 12.0. The van der Waals surface area contributed by atoms with E-state index in [9.17, 15) is 24.3 Å². The van der Waals surface area contributed by atoms with E-state index in [-0.39, 0.29) is 11.8 Å². The molecule has 0 heterocycles. The van der Waals surface area contributed by atoms with Crippen molar-refractivity contribution in [2.45, 2.75) is 58.7 Å². The van der Waals surface area contributed by atoms with Gasteiger partial charge in [-0.2, -0.15) is 0 Å². The molecule has 3 amide bonds. The molecule has 0 aliphatic heterocycles. The lowest BCUT2D eigenvalue weighted by atomic mass is 9.99. The molecule has 4 unspecified atom stereocenters. The van der Waals surface area contributed by atoms with Crippen LogP contribution in [-0.4, -0.2) is 65.2 Å². The van der Waals surface area contributed by atoms with Crippen molar-refractivity contribution in [2.75, 3.05) is 13.2 Å². The number of carbonyl (C=O) groups excluding carboxylic acids is 3. The van der Waals surface area contributed by atoms with Gasteiger partial charge < -0.3 is 31.9 Å². The number of amides is 3. The van der Waals surface area contributed by atoms with E-state index in [0.29, 0.717) is 12.8 Å². The van der Waals surface area contributed by atoms with Crippen molar-refractivity contribution in [3.8, 4) is 0 Å². The van der Waals surface area contributed by atoms with Gasteiger partial charge in [0.1, 0.15) is 12.1 Å². The molecule has 0 saturated heterocycles. The summed E-state index contributed by atoms with van der Waals surface area (Å²) in [5, 5.41) is 25.4. The van der Waals surface area contributed by atoms with Gasteiger partial charge in [-0.15, -0.1) is 0 Å². The summed E-state index contributed by atoms with van der Waals surface area (Å²) in [5.74, 6) is -3.30. The summed E-state index contributed by atoms with van der Waals surface area (Å²) < 4.78 is 0. The molecule has 0 rings (SSSR count). The number of aliphatic hydroxyl groups excluding tert-OH is 1. The number of rotatable bonds is 12. The molecular weight excluding hydrogens is 356 g/mol. The molecule has 156 valence electrons. The second kappa shape index (κ2) is 12.2. The fraction of sp³-hybridized carbons (Fsp3) is 0.765. The van der Waals surface area contributed by atoms with Crippen molar-refractivity contribution < 1.29 is 29.4 Å². The largest absolute Gasteiger partial charge is 0.480 e. The Balaban J connectivity index is 4.61. The predicted molar refractivity (Wildman–Crippen MR) is 98.5 cm³/mol. The van der Waals surface area contributed by atoms with Gasteiger partial charge in [-0.25, -0.2) is 4.79 Å². The van der Waals surface area contributed by atoms with Crippen molar-refractivity contribution in [1.82, 2.24) is 16.0 Å². The first-order valence-electron chi connectivity index (χ1n) is 9.00. The maximum atomic E-state index is 12.0. The zero-order chi connectivity index (χ0) is 21.1. The number of nitrogens with one attached hydrogen (secondary N) is 3.